The summed E-state index contributed by atoms with van der Waals surface area (Å²) >= 11 is 2.81. The molecule has 0 saturated carbocycles. The number of hydrogen-bond donors (Lipinski definition) is 1. The minimum absolute atomic E-state index is 0.315. The molecule has 164 valence electrons. The van der Waals surface area contributed by atoms with Crippen LogP contribution in [-0.4, -0.2) is 25.9 Å². The van der Waals surface area contributed by atoms with Crippen LogP contribution in [0.3, 0.4) is 0 Å². The van der Waals surface area contributed by atoms with E-state index in [9.17, 15) is 9.18 Å². The molecule has 1 aliphatic rings. The van der Waals surface area contributed by atoms with E-state index in [1.807, 2.05) is 12.1 Å². The van der Waals surface area contributed by atoms with E-state index in [0.717, 1.165) is 46.1 Å². The fourth-order valence-electron chi connectivity index (χ4n) is 3.71. The molecule has 0 aliphatic heterocycles. The zero-order chi connectivity index (χ0) is 22.8. The zero-order valence-corrected chi connectivity index (χ0v) is 18.9. The summed E-state index contributed by atoms with van der Waals surface area (Å²) < 4.78 is 15.8. The third-order valence-electron chi connectivity index (χ3n) is 5.29. The lowest BCUT2D eigenvalue weighted by atomic mass is 10.2. The number of carbonyl (C=O) groups excluding carboxylic acids is 1. The molecule has 5 rings (SSSR count). The highest BCUT2D eigenvalue weighted by molar-refractivity contribution is 8.00. The summed E-state index contributed by atoms with van der Waals surface area (Å²) in [5.41, 5.74) is 4.71. The van der Waals surface area contributed by atoms with Gasteiger partial charge in [-0.05, 0) is 61.2 Å². The molecule has 4 aromatic rings. The average Bonchev–Trinajstić information content (AvgIpc) is 3.56. The van der Waals surface area contributed by atoms with Gasteiger partial charge >= 0.3 is 0 Å². The van der Waals surface area contributed by atoms with E-state index < -0.39 is 0 Å². The second-order valence-electron chi connectivity index (χ2n) is 7.44. The molecule has 33 heavy (non-hydrogen) atoms. The van der Waals surface area contributed by atoms with Crippen molar-refractivity contribution >= 4 is 34.1 Å². The number of halogens is 1. The lowest BCUT2D eigenvalue weighted by molar-refractivity contribution is 0.102. The molecule has 1 N–H and O–H groups in total. The number of aromatic nitrogens is 4. The van der Waals surface area contributed by atoms with Crippen molar-refractivity contribution in [1.82, 2.24) is 20.0 Å². The maximum atomic E-state index is 13.3. The molecule has 2 aromatic carbocycles. The van der Waals surface area contributed by atoms with Crippen LogP contribution in [0.2, 0.25) is 0 Å². The molecule has 0 saturated heterocycles. The Kier molecular flexibility index (Phi) is 5.90. The number of carbonyl (C=O) groups is 1. The Bertz CT molecular complexity index is 1360. The van der Waals surface area contributed by atoms with E-state index in [2.05, 4.69) is 26.7 Å². The number of fused-ring (bicyclic) bond motifs is 1. The Morgan fingerprint density at radius 3 is 2.70 bits per heavy atom. The highest BCUT2D eigenvalue weighted by Crippen LogP contribution is 2.31. The average molecular weight is 477 g/mol. The molecule has 2 heterocycles. The van der Waals surface area contributed by atoms with Gasteiger partial charge in [0.2, 0.25) is 5.13 Å². The van der Waals surface area contributed by atoms with Crippen LogP contribution >= 0.6 is 23.1 Å². The van der Waals surface area contributed by atoms with Gasteiger partial charge in [0.25, 0.3) is 5.91 Å². The summed E-state index contributed by atoms with van der Waals surface area (Å²) in [6, 6.07) is 15.6. The van der Waals surface area contributed by atoms with E-state index >= 15 is 0 Å². The van der Waals surface area contributed by atoms with Gasteiger partial charge in [-0.25, -0.2) is 9.07 Å². The standard InChI is InChI=1S/C23H17FN6OS2/c24-16-8-10-17(11-9-16)30-19-3-1-2-18(19)20(29-30)21(31)26-22-27-28-23(33-22)32-13-15-6-4-14(12-25)5-7-15/h4-11H,1-3,13H2,(H,26,27,31). The lowest BCUT2D eigenvalue weighted by Crippen LogP contribution is -2.14. The predicted octanol–water partition coefficient (Wildman–Crippen LogP) is 4.77. The lowest BCUT2D eigenvalue weighted by Gasteiger charge is -2.05. The summed E-state index contributed by atoms with van der Waals surface area (Å²) in [5, 5.41) is 24.9. The van der Waals surface area contributed by atoms with Gasteiger partial charge in [0, 0.05) is 17.0 Å². The zero-order valence-electron chi connectivity index (χ0n) is 17.3. The van der Waals surface area contributed by atoms with Crippen LogP contribution in [0.25, 0.3) is 5.69 Å². The smallest absolute Gasteiger partial charge is 0.278 e. The highest BCUT2D eigenvalue weighted by Gasteiger charge is 2.27. The molecule has 2 aromatic heterocycles. The first-order chi connectivity index (χ1) is 16.1. The number of amides is 1. The van der Waals surface area contributed by atoms with Crippen LogP contribution in [0.1, 0.15) is 39.3 Å². The van der Waals surface area contributed by atoms with E-state index in [1.54, 1.807) is 28.9 Å². The van der Waals surface area contributed by atoms with E-state index in [1.165, 1.54) is 35.2 Å². The summed E-state index contributed by atoms with van der Waals surface area (Å²) in [5.74, 6) is 0.0441. The minimum Gasteiger partial charge on any atom is -0.295 e. The number of thioether (sulfide) groups is 1. The second kappa shape index (κ2) is 9.13. The largest absolute Gasteiger partial charge is 0.295 e. The quantitative estimate of drug-likeness (QED) is 0.318. The fraction of sp³-hybridized carbons (Fsp3) is 0.174. The molecule has 1 amide bonds. The van der Waals surface area contributed by atoms with Crippen LogP contribution in [0.5, 0.6) is 0 Å². The van der Waals surface area contributed by atoms with E-state index in [-0.39, 0.29) is 11.7 Å². The molecular weight excluding hydrogens is 459 g/mol. The maximum absolute atomic E-state index is 13.3. The predicted molar refractivity (Wildman–Crippen MR) is 124 cm³/mol. The van der Waals surface area contributed by atoms with Gasteiger partial charge < -0.3 is 0 Å². The summed E-state index contributed by atoms with van der Waals surface area (Å²) in [4.78, 5) is 13.0. The Hall–Kier alpha value is -3.55. The first-order valence-corrected chi connectivity index (χ1v) is 12.0. The second-order valence-corrected chi connectivity index (χ2v) is 9.64. The number of nitrogens with one attached hydrogen (secondary N) is 1. The normalized spacial score (nSPS) is 12.4. The van der Waals surface area contributed by atoms with Gasteiger partial charge in [-0.3, -0.25) is 10.1 Å². The summed E-state index contributed by atoms with van der Waals surface area (Å²) in [6.45, 7) is 0. The third kappa shape index (κ3) is 4.51. The molecule has 10 heteroatoms. The molecule has 0 spiro atoms. The van der Waals surface area contributed by atoms with Gasteiger partial charge in [-0.2, -0.15) is 10.4 Å². The fourth-order valence-corrected chi connectivity index (χ4v) is 5.41. The maximum Gasteiger partial charge on any atom is 0.278 e. The first kappa shape index (κ1) is 21.3. The number of nitrogens with zero attached hydrogens (tertiary/aromatic N) is 5. The number of rotatable bonds is 6. The molecule has 0 fully saturated rings. The molecule has 0 bridgehead atoms. The molecule has 0 atom stereocenters. The van der Waals surface area contributed by atoms with Crippen LogP contribution < -0.4 is 5.32 Å². The van der Waals surface area contributed by atoms with Gasteiger partial charge in [0.15, 0.2) is 10.0 Å². The summed E-state index contributed by atoms with van der Waals surface area (Å²) in [6.07, 6.45) is 2.55. The van der Waals surface area contributed by atoms with Crippen LogP contribution in [0.4, 0.5) is 9.52 Å². The van der Waals surface area contributed by atoms with Crippen LogP contribution in [0, 0.1) is 17.1 Å². The van der Waals surface area contributed by atoms with Crippen molar-refractivity contribution in [3.05, 3.63) is 82.4 Å². The van der Waals surface area contributed by atoms with Crippen molar-refractivity contribution in [3.8, 4) is 11.8 Å². The number of nitriles is 1. The molecular formula is C23H17FN6OS2. The van der Waals surface area contributed by atoms with Gasteiger partial charge in [-0.15, -0.1) is 10.2 Å². The Morgan fingerprint density at radius 2 is 1.94 bits per heavy atom. The Labute approximate surface area is 197 Å². The van der Waals surface area contributed by atoms with Crippen molar-refractivity contribution in [2.24, 2.45) is 0 Å². The van der Waals surface area contributed by atoms with Gasteiger partial charge in [0.05, 0.1) is 17.3 Å². The first-order valence-electron chi connectivity index (χ1n) is 10.2. The third-order valence-corrected chi connectivity index (χ3v) is 7.33. The van der Waals surface area contributed by atoms with Crippen molar-refractivity contribution in [2.75, 3.05) is 5.32 Å². The van der Waals surface area contributed by atoms with Crippen molar-refractivity contribution in [3.63, 3.8) is 0 Å². The number of benzene rings is 2. The number of hydrogen-bond acceptors (Lipinski definition) is 7. The Morgan fingerprint density at radius 1 is 1.15 bits per heavy atom. The van der Waals surface area contributed by atoms with E-state index in [4.69, 9.17) is 5.26 Å². The summed E-state index contributed by atoms with van der Waals surface area (Å²) in [7, 11) is 0. The molecule has 1 aliphatic carbocycles. The van der Waals surface area contributed by atoms with Crippen LogP contribution in [-0.2, 0) is 18.6 Å². The van der Waals surface area contributed by atoms with E-state index in [0.29, 0.717) is 22.1 Å². The van der Waals surface area contributed by atoms with Crippen molar-refractivity contribution in [2.45, 2.75) is 29.4 Å². The van der Waals surface area contributed by atoms with Crippen molar-refractivity contribution in [1.29, 1.82) is 5.26 Å². The van der Waals surface area contributed by atoms with Gasteiger partial charge in [0.1, 0.15) is 5.82 Å². The molecule has 7 nitrogen and oxygen atoms in total. The van der Waals surface area contributed by atoms with Crippen molar-refractivity contribution < 1.29 is 9.18 Å². The minimum atomic E-state index is -0.325. The molecule has 0 radical (unpaired) electrons. The van der Waals surface area contributed by atoms with Crippen LogP contribution in [0.15, 0.2) is 52.9 Å². The monoisotopic (exact) mass is 476 g/mol. The topological polar surface area (TPSA) is 96.5 Å². The molecule has 0 unspecified atom stereocenters. The SMILES string of the molecule is N#Cc1ccc(CSc2nnc(NC(=O)c3nn(-c4ccc(F)cc4)c4c3CCC4)s2)cc1. The number of anilines is 1. The highest BCUT2D eigenvalue weighted by atomic mass is 32.2. The Balaban J connectivity index is 1.28. The van der Waals surface area contributed by atoms with Gasteiger partial charge in [-0.1, -0.05) is 35.2 Å².